The van der Waals surface area contributed by atoms with Crippen LogP contribution in [0.5, 0.6) is 0 Å². The van der Waals surface area contributed by atoms with Crippen molar-refractivity contribution in [1.82, 2.24) is 9.62 Å². The maximum atomic E-state index is 11.9. The van der Waals surface area contributed by atoms with Crippen LogP contribution in [0.4, 0.5) is 4.79 Å². The van der Waals surface area contributed by atoms with Crippen molar-refractivity contribution in [2.45, 2.75) is 19.3 Å². The van der Waals surface area contributed by atoms with E-state index in [0.717, 1.165) is 19.3 Å². The molecule has 1 heterocycles. The minimum atomic E-state index is -3.15. The number of amides is 1. The summed E-state index contributed by atoms with van der Waals surface area (Å²) in [6, 6.07) is 0. The van der Waals surface area contributed by atoms with Crippen LogP contribution >= 0.6 is 0 Å². The summed E-state index contributed by atoms with van der Waals surface area (Å²) in [5, 5.41) is 2.90. The van der Waals surface area contributed by atoms with Crippen molar-refractivity contribution >= 4 is 16.1 Å². The Kier molecular flexibility index (Phi) is 6.37. The number of primary amides is 1. The van der Waals surface area contributed by atoms with Crippen molar-refractivity contribution in [3.63, 3.8) is 0 Å². The molecular formula is C10H21N3O4S. The third-order valence-corrected chi connectivity index (χ3v) is 4.64. The van der Waals surface area contributed by atoms with E-state index >= 15 is 0 Å². The highest BCUT2D eigenvalue weighted by Crippen LogP contribution is 2.12. The Labute approximate surface area is 108 Å². The first-order valence-corrected chi connectivity index (χ1v) is 7.74. The van der Waals surface area contributed by atoms with E-state index in [9.17, 15) is 13.2 Å². The quantitative estimate of drug-likeness (QED) is 0.611. The molecule has 0 radical (unpaired) electrons. The first kappa shape index (κ1) is 15.2. The van der Waals surface area contributed by atoms with E-state index < -0.39 is 16.1 Å². The highest BCUT2D eigenvalue weighted by atomic mass is 32.2. The largest absolute Gasteiger partial charge is 0.448 e. The zero-order valence-corrected chi connectivity index (χ0v) is 11.2. The molecule has 3 N–H and O–H groups in total. The highest BCUT2D eigenvalue weighted by molar-refractivity contribution is 7.89. The first-order valence-electron chi connectivity index (χ1n) is 6.13. The van der Waals surface area contributed by atoms with Gasteiger partial charge in [0.05, 0.1) is 5.75 Å². The van der Waals surface area contributed by atoms with Crippen LogP contribution in [-0.2, 0) is 14.8 Å². The number of rotatable bonds is 7. The topological polar surface area (TPSA) is 102 Å². The minimum Gasteiger partial charge on any atom is -0.448 e. The van der Waals surface area contributed by atoms with Crippen LogP contribution in [0.1, 0.15) is 19.3 Å². The molecule has 1 saturated heterocycles. The van der Waals surface area contributed by atoms with Crippen LogP contribution in [0.25, 0.3) is 0 Å². The smallest absolute Gasteiger partial charge is 0.404 e. The van der Waals surface area contributed by atoms with Gasteiger partial charge in [0.1, 0.15) is 6.61 Å². The lowest BCUT2D eigenvalue weighted by Gasteiger charge is -2.25. The molecule has 0 aromatic carbocycles. The maximum absolute atomic E-state index is 11.9. The molecule has 18 heavy (non-hydrogen) atoms. The fourth-order valence-electron chi connectivity index (χ4n) is 1.82. The zero-order chi connectivity index (χ0) is 13.4. The number of hydrogen-bond donors (Lipinski definition) is 2. The van der Waals surface area contributed by atoms with Gasteiger partial charge in [-0.15, -0.1) is 0 Å². The number of sulfonamides is 1. The summed E-state index contributed by atoms with van der Waals surface area (Å²) >= 11 is 0. The minimum absolute atomic E-state index is 0.0730. The second kappa shape index (κ2) is 7.55. The van der Waals surface area contributed by atoms with E-state index in [0.29, 0.717) is 26.2 Å². The van der Waals surface area contributed by atoms with Gasteiger partial charge in [-0.05, 0) is 12.8 Å². The lowest BCUT2D eigenvalue weighted by Crippen LogP contribution is -2.40. The maximum Gasteiger partial charge on any atom is 0.404 e. The van der Waals surface area contributed by atoms with Gasteiger partial charge in [-0.2, -0.15) is 0 Å². The normalized spacial score (nSPS) is 17.6. The first-order chi connectivity index (χ1) is 8.52. The van der Waals surface area contributed by atoms with E-state index in [1.165, 1.54) is 0 Å². The molecular weight excluding hydrogens is 258 g/mol. The molecule has 8 heteroatoms. The third-order valence-electron chi connectivity index (χ3n) is 2.77. The number of nitrogens with one attached hydrogen (secondary N) is 1. The Morgan fingerprint density at radius 2 is 1.89 bits per heavy atom. The molecule has 1 amide bonds. The molecule has 1 aliphatic heterocycles. The molecule has 1 aliphatic rings. The van der Waals surface area contributed by atoms with Crippen LogP contribution < -0.4 is 11.1 Å². The molecule has 1 fully saturated rings. The summed E-state index contributed by atoms with van der Waals surface area (Å²) < 4.78 is 29.9. The fourth-order valence-corrected chi connectivity index (χ4v) is 3.30. The van der Waals surface area contributed by atoms with Crippen molar-refractivity contribution in [3.8, 4) is 0 Å². The molecule has 0 saturated carbocycles. The van der Waals surface area contributed by atoms with E-state index in [4.69, 9.17) is 5.73 Å². The predicted octanol–water partition coefficient (Wildman–Crippen LogP) is -0.513. The lowest BCUT2D eigenvalue weighted by molar-refractivity contribution is 0.157. The van der Waals surface area contributed by atoms with Crippen LogP contribution in [0.15, 0.2) is 0 Å². The Morgan fingerprint density at radius 3 is 2.50 bits per heavy atom. The van der Waals surface area contributed by atoms with Crippen LogP contribution in [0, 0.1) is 0 Å². The Morgan fingerprint density at radius 1 is 1.22 bits per heavy atom. The highest BCUT2D eigenvalue weighted by Gasteiger charge is 2.22. The standard InChI is InChI=1S/C10H21N3O4S/c11-10(14)17-8-4-12-5-9-18(15,16)13-6-2-1-3-7-13/h12H,1-9H2,(H2,11,14). The number of ether oxygens (including phenoxy) is 1. The molecule has 106 valence electrons. The molecule has 7 nitrogen and oxygen atoms in total. The summed E-state index contributed by atoms with van der Waals surface area (Å²) in [5.74, 6) is 0.0730. The summed E-state index contributed by atoms with van der Waals surface area (Å²) in [6.07, 6.45) is 2.17. The third kappa shape index (κ3) is 5.65. The molecule has 0 aromatic rings. The van der Waals surface area contributed by atoms with Gasteiger partial charge in [0.15, 0.2) is 0 Å². The Hall–Kier alpha value is -0.860. The van der Waals surface area contributed by atoms with Crippen molar-refractivity contribution in [2.24, 2.45) is 5.73 Å². The van der Waals surface area contributed by atoms with Gasteiger partial charge in [0.2, 0.25) is 10.0 Å². The molecule has 0 aliphatic carbocycles. The SMILES string of the molecule is NC(=O)OCCNCCS(=O)(=O)N1CCCCC1. The molecule has 0 unspecified atom stereocenters. The van der Waals surface area contributed by atoms with Gasteiger partial charge in [0, 0.05) is 26.2 Å². The monoisotopic (exact) mass is 279 g/mol. The van der Waals surface area contributed by atoms with E-state index in [2.05, 4.69) is 10.1 Å². The van der Waals surface area contributed by atoms with Crippen molar-refractivity contribution < 1.29 is 17.9 Å². The van der Waals surface area contributed by atoms with Gasteiger partial charge >= 0.3 is 6.09 Å². The fraction of sp³-hybridized carbons (Fsp3) is 0.900. The van der Waals surface area contributed by atoms with Gasteiger partial charge in [-0.1, -0.05) is 6.42 Å². The van der Waals surface area contributed by atoms with Crippen molar-refractivity contribution in [2.75, 3.05) is 38.5 Å². The molecule has 0 aromatic heterocycles. The summed E-state index contributed by atoms with van der Waals surface area (Å²) in [7, 11) is -3.15. The zero-order valence-electron chi connectivity index (χ0n) is 10.4. The average molecular weight is 279 g/mol. The van der Waals surface area contributed by atoms with Gasteiger partial charge < -0.3 is 15.8 Å². The average Bonchev–Trinajstić information content (AvgIpc) is 2.34. The second-order valence-electron chi connectivity index (χ2n) is 4.19. The molecule has 0 spiro atoms. The predicted molar refractivity (Wildman–Crippen MR) is 67.6 cm³/mol. The van der Waals surface area contributed by atoms with E-state index in [1.54, 1.807) is 4.31 Å². The number of piperidine rings is 1. The van der Waals surface area contributed by atoms with E-state index in [-0.39, 0.29) is 12.4 Å². The molecule has 0 atom stereocenters. The number of carbonyl (C=O) groups excluding carboxylic acids is 1. The Balaban J connectivity index is 2.15. The lowest BCUT2D eigenvalue weighted by atomic mass is 10.2. The van der Waals surface area contributed by atoms with E-state index in [1.807, 2.05) is 0 Å². The van der Waals surface area contributed by atoms with Crippen LogP contribution in [-0.4, -0.2) is 57.4 Å². The summed E-state index contributed by atoms with van der Waals surface area (Å²) in [4.78, 5) is 10.3. The van der Waals surface area contributed by atoms with Gasteiger partial charge in [-0.3, -0.25) is 0 Å². The summed E-state index contributed by atoms with van der Waals surface area (Å²) in [5.41, 5.74) is 4.78. The number of nitrogens with zero attached hydrogens (tertiary/aromatic N) is 1. The molecule has 0 bridgehead atoms. The number of hydrogen-bond acceptors (Lipinski definition) is 5. The molecule has 1 rings (SSSR count). The van der Waals surface area contributed by atoms with Crippen LogP contribution in [0.2, 0.25) is 0 Å². The van der Waals surface area contributed by atoms with Crippen molar-refractivity contribution in [1.29, 1.82) is 0 Å². The van der Waals surface area contributed by atoms with Crippen molar-refractivity contribution in [3.05, 3.63) is 0 Å². The van der Waals surface area contributed by atoms with Gasteiger partial charge in [0.25, 0.3) is 0 Å². The Bertz CT molecular complexity index is 352. The second-order valence-corrected chi connectivity index (χ2v) is 6.28. The summed E-state index contributed by atoms with van der Waals surface area (Å²) in [6.45, 7) is 2.17. The number of carbonyl (C=O) groups is 1. The van der Waals surface area contributed by atoms with Crippen LogP contribution in [0.3, 0.4) is 0 Å². The van der Waals surface area contributed by atoms with Gasteiger partial charge in [-0.25, -0.2) is 17.5 Å². The number of nitrogens with two attached hydrogens (primary N) is 1.